The summed E-state index contributed by atoms with van der Waals surface area (Å²) in [6.45, 7) is 8.93. The molecular formula is C12H22N4O. The molecule has 0 unspecified atom stereocenters. The lowest BCUT2D eigenvalue weighted by Gasteiger charge is -2.07. The van der Waals surface area contributed by atoms with Crippen LogP contribution in [0.2, 0.25) is 0 Å². The second-order valence-corrected chi connectivity index (χ2v) is 4.58. The first-order valence-corrected chi connectivity index (χ1v) is 6.05. The van der Waals surface area contributed by atoms with Gasteiger partial charge in [-0.05, 0) is 26.8 Å². The van der Waals surface area contributed by atoms with Crippen molar-refractivity contribution in [1.29, 1.82) is 0 Å². The molecule has 0 aliphatic carbocycles. The molecule has 0 aromatic carbocycles. The molecule has 3 N–H and O–H groups in total. The number of H-pyrrole nitrogens is 1. The van der Waals surface area contributed by atoms with E-state index in [-0.39, 0.29) is 5.91 Å². The first-order valence-electron chi connectivity index (χ1n) is 6.05. The van der Waals surface area contributed by atoms with E-state index in [2.05, 4.69) is 34.7 Å². The summed E-state index contributed by atoms with van der Waals surface area (Å²) in [5, 5.41) is 13.0. The number of aryl methyl sites for hydroxylation is 1. The van der Waals surface area contributed by atoms with Gasteiger partial charge < -0.3 is 10.6 Å². The van der Waals surface area contributed by atoms with Gasteiger partial charge in [-0.3, -0.25) is 9.89 Å². The summed E-state index contributed by atoms with van der Waals surface area (Å²) in [4.78, 5) is 11.6. The highest BCUT2D eigenvalue weighted by Gasteiger charge is 2.08. The highest BCUT2D eigenvalue weighted by atomic mass is 16.1. The molecule has 0 fully saturated rings. The van der Waals surface area contributed by atoms with Crippen LogP contribution < -0.4 is 10.6 Å². The van der Waals surface area contributed by atoms with Gasteiger partial charge in [0.15, 0.2) is 5.82 Å². The highest BCUT2D eigenvalue weighted by Crippen LogP contribution is 2.13. The number of aromatic nitrogens is 2. The molecule has 5 heteroatoms. The van der Waals surface area contributed by atoms with Gasteiger partial charge in [0.1, 0.15) is 0 Å². The Balaban J connectivity index is 2.28. The molecule has 0 aliphatic rings. The molecule has 0 spiro atoms. The van der Waals surface area contributed by atoms with E-state index in [1.54, 1.807) is 0 Å². The number of carbonyl (C=O) groups is 1. The molecule has 1 rings (SSSR count). The Kier molecular flexibility index (Phi) is 5.15. The monoisotopic (exact) mass is 238 g/mol. The molecule has 1 aromatic rings. The molecular weight excluding hydrogens is 216 g/mol. The maximum absolute atomic E-state index is 11.6. The summed E-state index contributed by atoms with van der Waals surface area (Å²) in [6, 6.07) is 0.467. The van der Waals surface area contributed by atoms with E-state index in [9.17, 15) is 4.79 Å². The molecule has 0 radical (unpaired) electrons. The molecule has 17 heavy (non-hydrogen) atoms. The van der Waals surface area contributed by atoms with Gasteiger partial charge in [-0.2, -0.15) is 5.10 Å². The molecule has 0 bridgehead atoms. The Labute approximate surface area is 102 Å². The largest absolute Gasteiger partial charge is 0.315 e. The van der Waals surface area contributed by atoms with Gasteiger partial charge in [0.2, 0.25) is 5.91 Å². The van der Waals surface area contributed by atoms with E-state index in [4.69, 9.17) is 0 Å². The summed E-state index contributed by atoms with van der Waals surface area (Å²) in [5.74, 6) is 0.662. The Bertz CT molecular complexity index is 371. The number of carbonyl (C=O) groups excluding carboxylic acids is 1. The van der Waals surface area contributed by atoms with Crippen LogP contribution in [0.5, 0.6) is 0 Å². The van der Waals surface area contributed by atoms with Crippen LogP contribution in [-0.4, -0.2) is 28.7 Å². The van der Waals surface area contributed by atoms with Gasteiger partial charge in [0, 0.05) is 23.7 Å². The highest BCUT2D eigenvalue weighted by molar-refractivity contribution is 5.90. The van der Waals surface area contributed by atoms with Crippen molar-refractivity contribution in [3.8, 4) is 0 Å². The molecule has 0 atom stereocenters. The molecule has 1 amide bonds. The van der Waals surface area contributed by atoms with Crippen molar-refractivity contribution in [2.45, 2.75) is 46.6 Å². The third kappa shape index (κ3) is 4.56. The van der Waals surface area contributed by atoms with Crippen molar-refractivity contribution in [2.24, 2.45) is 0 Å². The lowest BCUT2D eigenvalue weighted by atomic mass is 10.2. The third-order valence-corrected chi connectivity index (χ3v) is 2.64. The fraction of sp³-hybridized carbons (Fsp3) is 0.667. The van der Waals surface area contributed by atoms with E-state index in [1.807, 2.05) is 13.8 Å². The number of amides is 1. The molecule has 1 heterocycles. The second-order valence-electron chi connectivity index (χ2n) is 4.58. The zero-order valence-corrected chi connectivity index (χ0v) is 11.1. The van der Waals surface area contributed by atoms with Gasteiger partial charge >= 0.3 is 0 Å². The SMILES string of the molecule is Cc1[nH]nc(NC(=O)CCCNC(C)C)c1C. The van der Waals surface area contributed by atoms with Crippen LogP contribution in [0.3, 0.4) is 0 Å². The van der Waals surface area contributed by atoms with Crippen LogP contribution in [0.15, 0.2) is 0 Å². The lowest BCUT2D eigenvalue weighted by Crippen LogP contribution is -2.24. The molecule has 0 saturated carbocycles. The van der Waals surface area contributed by atoms with Crippen molar-refractivity contribution < 1.29 is 4.79 Å². The van der Waals surface area contributed by atoms with Gasteiger partial charge in [-0.15, -0.1) is 0 Å². The lowest BCUT2D eigenvalue weighted by molar-refractivity contribution is -0.116. The minimum atomic E-state index is 0.0187. The summed E-state index contributed by atoms with van der Waals surface area (Å²) in [6.07, 6.45) is 1.36. The Morgan fingerprint density at radius 2 is 2.12 bits per heavy atom. The van der Waals surface area contributed by atoms with Gasteiger partial charge in [-0.1, -0.05) is 13.8 Å². The van der Waals surface area contributed by atoms with Crippen LogP contribution in [0.4, 0.5) is 5.82 Å². The molecule has 5 nitrogen and oxygen atoms in total. The maximum atomic E-state index is 11.6. The summed E-state index contributed by atoms with van der Waals surface area (Å²) in [5.41, 5.74) is 1.99. The minimum Gasteiger partial charge on any atom is -0.315 e. The quantitative estimate of drug-likeness (QED) is 0.661. The van der Waals surface area contributed by atoms with Gasteiger partial charge in [-0.25, -0.2) is 0 Å². The molecule has 96 valence electrons. The smallest absolute Gasteiger partial charge is 0.225 e. The van der Waals surface area contributed by atoms with Crippen LogP contribution in [-0.2, 0) is 4.79 Å². The van der Waals surface area contributed by atoms with E-state index >= 15 is 0 Å². The number of anilines is 1. The van der Waals surface area contributed by atoms with E-state index in [0.29, 0.717) is 18.3 Å². The number of rotatable bonds is 6. The molecule has 1 aromatic heterocycles. The third-order valence-electron chi connectivity index (χ3n) is 2.64. The maximum Gasteiger partial charge on any atom is 0.225 e. The average Bonchev–Trinajstić information content (AvgIpc) is 2.56. The van der Waals surface area contributed by atoms with Crippen LogP contribution in [0.25, 0.3) is 0 Å². The first kappa shape index (κ1) is 13.7. The molecule has 0 aliphatic heterocycles. The van der Waals surface area contributed by atoms with Crippen molar-refractivity contribution >= 4 is 11.7 Å². The number of nitrogens with zero attached hydrogens (tertiary/aromatic N) is 1. The van der Waals surface area contributed by atoms with Crippen LogP contribution in [0.1, 0.15) is 37.9 Å². The Hall–Kier alpha value is -1.36. The topological polar surface area (TPSA) is 69.8 Å². The fourth-order valence-corrected chi connectivity index (χ4v) is 1.44. The van der Waals surface area contributed by atoms with E-state index < -0.39 is 0 Å². The normalized spacial score (nSPS) is 10.9. The van der Waals surface area contributed by atoms with Gasteiger partial charge in [0.05, 0.1) is 0 Å². The number of aromatic amines is 1. The summed E-state index contributed by atoms with van der Waals surface area (Å²) >= 11 is 0. The first-order chi connectivity index (χ1) is 8.00. The number of hydrogen-bond acceptors (Lipinski definition) is 3. The van der Waals surface area contributed by atoms with Crippen molar-refractivity contribution in [3.05, 3.63) is 11.3 Å². The summed E-state index contributed by atoms with van der Waals surface area (Å²) in [7, 11) is 0. The van der Waals surface area contributed by atoms with Crippen LogP contribution in [0, 0.1) is 13.8 Å². The van der Waals surface area contributed by atoms with E-state index in [0.717, 1.165) is 24.2 Å². The Morgan fingerprint density at radius 3 is 2.65 bits per heavy atom. The number of nitrogens with one attached hydrogen (secondary N) is 3. The standard InChI is InChI=1S/C12H22N4O/c1-8(2)13-7-5-6-11(17)14-12-9(3)10(4)15-16-12/h8,13H,5-7H2,1-4H3,(H2,14,15,16,17). The fourth-order valence-electron chi connectivity index (χ4n) is 1.44. The van der Waals surface area contributed by atoms with Gasteiger partial charge in [0.25, 0.3) is 0 Å². The van der Waals surface area contributed by atoms with Crippen LogP contribution >= 0.6 is 0 Å². The average molecular weight is 238 g/mol. The van der Waals surface area contributed by atoms with Crippen molar-refractivity contribution in [2.75, 3.05) is 11.9 Å². The van der Waals surface area contributed by atoms with Crippen molar-refractivity contribution in [1.82, 2.24) is 15.5 Å². The van der Waals surface area contributed by atoms with E-state index in [1.165, 1.54) is 0 Å². The second kappa shape index (κ2) is 6.39. The summed E-state index contributed by atoms with van der Waals surface area (Å²) < 4.78 is 0. The zero-order chi connectivity index (χ0) is 12.8. The zero-order valence-electron chi connectivity index (χ0n) is 11.1. The van der Waals surface area contributed by atoms with Crippen molar-refractivity contribution in [3.63, 3.8) is 0 Å². The molecule has 0 saturated heterocycles. The Morgan fingerprint density at radius 1 is 1.41 bits per heavy atom. The predicted molar refractivity (Wildman–Crippen MR) is 69.1 cm³/mol. The minimum absolute atomic E-state index is 0.0187. The predicted octanol–water partition coefficient (Wildman–Crippen LogP) is 1.74. The number of hydrogen-bond donors (Lipinski definition) is 3.